The number of rotatable bonds is 4. The van der Waals surface area contributed by atoms with Crippen LogP contribution in [0.5, 0.6) is 0 Å². The van der Waals surface area contributed by atoms with E-state index >= 15 is 0 Å². The van der Waals surface area contributed by atoms with Crippen molar-refractivity contribution in [3.8, 4) is 0 Å². The molecule has 0 spiro atoms. The zero-order valence-electron chi connectivity index (χ0n) is 9.07. The number of halogens is 1. The molecule has 0 saturated heterocycles. The third-order valence-electron chi connectivity index (χ3n) is 2.49. The van der Waals surface area contributed by atoms with Gasteiger partial charge in [-0.05, 0) is 28.2 Å². The molecule has 0 saturated carbocycles. The topological polar surface area (TPSA) is 60.2 Å². The van der Waals surface area contributed by atoms with Gasteiger partial charge in [0.15, 0.2) is 0 Å². The zero-order chi connectivity index (χ0) is 12.3. The highest BCUT2D eigenvalue weighted by atomic mass is 127. The Labute approximate surface area is 107 Å². The smallest absolute Gasteiger partial charge is 0.270 e. The van der Waals surface area contributed by atoms with E-state index in [0.717, 1.165) is 9.13 Å². The highest BCUT2D eigenvalue weighted by Gasteiger charge is 2.18. The van der Waals surface area contributed by atoms with Crippen LogP contribution in [-0.2, 0) is 4.79 Å². The van der Waals surface area contributed by atoms with Crippen molar-refractivity contribution in [2.24, 2.45) is 0 Å². The minimum absolute atomic E-state index is 0.0595. The molecule has 5 heteroatoms. The second-order valence-electron chi connectivity index (χ2n) is 3.50. The van der Waals surface area contributed by atoms with Gasteiger partial charge in [0.1, 0.15) is 5.78 Å². The summed E-state index contributed by atoms with van der Waals surface area (Å²) in [6.07, 6.45) is 0.480. The van der Waals surface area contributed by atoms with Crippen molar-refractivity contribution in [1.82, 2.24) is 0 Å². The molecular formula is C11H12INO3. The SMILES string of the molecule is CCC(=O)C(C)c1ccc([N+](=O)[O-])cc1I. The first kappa shape index (κ1) is 13.1. The quantitative estimate of drug-likeness (QED) is 0.483. The molecule has 0 aromatic heterocycles. The molecule has 0 heterocycles. The van der Waals surface area contributed by atoms with Crippen molar-refractivity contribution in [3.63, 3.8) is 0 Å². The van der Waals surface area contributed by atoms with Gasteiger partial charge in [-0.2, -0.15) is 0 Å². The second kappa shape index (κ2) is 5.38. The van der Waals surface area contributed by atoms with E-state index in [0.29, 0.717) is 6.42 Å². The molecule has 1 atom stereocenters. The van der Waals surface area contributed by atoms with Gasteiger partial charge in [0.25, 0.3) is 5.69 Å². The zero-order valence-corrected chi connectivity index (χ0v) is 11.2. The fourth-order valence-electron chi connectivity index (χ4n) is 1.46. The van der Waals surface area contributed by atoms with Gasteiger partial charge in [0.05, 0.1) is 4.92 Å². The summed E-state index contributed by atoms with van der Waals surface area (Å²) in [6, 6.07) is 4.60. The fraction of sp³-hybridized carbons (Fsp3) is 0.364. The molecule has 1 aromatic carbocycles. The first-order chi connectivity index (χ1) is 7.47. The second-order valence-corrected chi connectivity index (χ2v) is 4.67. The van der Waals surface area contributed by atoms with E-state index in [-0.39, 0.29) is 17.4 Å². The predicted octanol–water partition coefficient (Wildman–Crippen LogP) is 3.28. The average Bonchev–Trinajstić information content (AvgIpc) is 2.26. The first-order valence-corrected chi connectivity index (χ1v) is 6.01. The number of hydrogen-bond donors (Lipinski definition) is 0. The molecule has 0 bridgehead atoms. The van der Waals surface area contributed by atoms with Crippen LogP contribution in [0.2, 0.25) is 0 Å². The fourth-order valence-corrected chi connectivity index (χ4v) is 2.43. The number of carbonyl (C=O) groups excluding carboxylic acids is 1. The Balaban J connectivity index is 3.08. The van der Waals surface area contributed by atoms with Crippen LogP contribution in [0.4, 0.5) is 5.69 Å². The number of benzene rings is 1. The normalized spacial score (nSPS) is 12.2. The molecular weight excluding hydrogens is 321 g/mol. The molecule has 1 aromatic rings. The van der Waals surface area contributed by atoms with E-state index in [1.165, 1.54) is 12.1 Å². The maximum Gasteiger partial charge on any atom is 0.270 e. The Bertz CT molecular complexity index is 431. The van der Waals surface area contributed by atoms with Crippen molar-refractivity contribution < 1.29 is 9.72 Å². The maximum absolute atomic E-state index is 11.5. The number of Topliss-reactive ketones (excluding diaryl/α,β-unsaturated/α-hetero) is 1. The van der Waals surface area contributed by atoms with Crippen LogP contribution in [0.1, 0.15) is 31.7 Å². The molecule has 0 N–H and O–H groups in total. The van der Waals surface area contributed by atoms with Gasteiger partial charge in [-0.15, -0.1) is 0 Å². The number of ketones is 1. The number of non-ortho nitro benzene ring substituents is 1. The number of nitro groups is 1. The lowest BCUT2D eigenvalue weighted by Crippen LogP contribution is -2.09. The summed E-state index contributed by atoms with van der Waals surface area (Å²) >= 11 is 2.03. The van der Waals surface area contributed by atoms with E-state index in [1.807, 2.05) is 36.4 Å². The molecule has 4 nitrogen and oxygen atoms in total. The Morgan fingerprint density at radius 3 is 2.62 bits per heavy atom. The highest BCUT2D eigenvalue weighted by Crippen LogP contribution is 2.26. The molecule has 0 radical (unpaired) electrons. The van der Waals surface area contributed by atoms with Gasteiger partial charge in [0.2, 0.25) is 0 Å². The van der Waals surface area contributed by atoms with Crippen LogP contribution in [0, 0.1) is 13.7 Å². The van der Waals surface area contributed by atoms with E-state index in [1.54, 1.807) is 6.07 Å². The Kier molecular flexibility index (Phi) is 4.40. The van der Waals surface area contributed by atoms with Crippen molar-refractivity contribution in [2.75, 3.05) is 0 Å². The Hall–Kier alpha value is -0.980. The van der Waals surface area contributed by atoms with E-state index in [2.05, 4.69) is 0 Å². The summed E-state index contributed by atoms with van der Waals surface area (Å²) in [5.41, 5.74) is 0.919. The number of nitrogens with zero attached hydrogens (tertiary/aromatic N) is 1. The van der Waals surface area contributed by atoms with E-state index in [4.69, 9.17) is 0 Å². The predicted molar refractivity (Wildman–Crippen MR) is 69.5 cm³/mol. The van der Waals surface area contributed by atoms with Crippen LogP contribution >= 0.6 is 22.6 Å². The van der Waals surface area contributed by atoms with Crippen molar-refractivity contribution in [2.45, 2.75) is 26.2 Å². The minimum atomic E-state index is -0.432. The van der Waals surface area contributed by atoms with Gasteiger partial charge < -0.3 is 0 Å². The van der Waals surface area contributed by atoms with Crippen LogP contribution in [0.3, 0.4) is 0 Å². The van der Waals surface area contributed by atoms with Crippen molar-refractivity contribution in [3.05, 3.63) is 37.4 Å². The molecule has 0 fully saturated rings. The molecule has 86 valence electrons. The summed E-state index contributed by atoms with van der Waals surface area (Å²) in [5.74, 6) is -0.0514. The molecule has 0 amide bonds. The third-order valence-corrected chi connectivity index (χ3v) is 3.43. The van der Waals surface area contributed by atoms with Crippen molar-refractivity contribution in [1.29, 1.82) is 0 Å². The maximum atomic E-state index is 11.5. The first-order valence-electron chi connectivity index (χ1n) is 4.94. The third kappa shape index (κ3) is 2.78. The lowest BCUT2D eigenvalue weighted by molar-refractivity contribution is -0.385. The van der Waals surface area contributed by atoms with Gasteiger partial charge in [-0.25, -0.2) is 0 Å². The molecule has 1 unspecified atom stereocenters. The summed E-state index contributed by atoms with van der Waals surface area (Å²) in [7, 11) is 0. The Morgan fingerprint density at radius 2 is 2.19 bits per heavy atom. The molecule has 0 aliphatic rings. The summed E-state index contributed by atoms with van der Waals surface area (Å²) in [5, 5.41) is 10.6. The number of hydrogen-bond acceptors (Lipinski definition) is 3. The van der Waals surface area contributed by atoms with Crippen LogP contribution in [0.15, 0.2) is 18.2 Å². The lowest BCUT2D eigenvalue weighted by atomic mass is 9.95. The minimum Gasteiger partial charge on any atom is -0.299 e. The Morgan fingerprint density at radius 1 is 1.56 bits per heavy atom. The lowest BCUT2D eigenvalue weighted by Gasteiger charge is -2.11. The van der Waals surface area contributed by atoms with Crippen molar-refractivity contribution >= 4 is 34.1 Å². The number of nitro benzene ring substituents is 1. The van der Waals surface area contributed by atoms with E-state index < -0.39 is 4.92 Å². The van der Waals surface area contributed by atoms with Gasteiger partial charge in [-0.1, -0.05) is 19.9 Å². The largest absolute Gasteiger partial charge is 0.299 e. The van der Waals surface area contributed by atoms with Gasteiger partial charge >= 0.3 is 0 Å². The van der Waals surface area contributed by atoms with Gasteiger partial charge in [-0.3, -0.25) is 14.9 Å². The van der Waals surface area contributed by atoms with Crippen LogP contribution < -0.4 is 0 Å². The van der Waals surface area contributed by atoms with Gasteiger partial charge in [0, 0.05) is 28.0 Å². The molecule has 1 rings (SSSR count). The van der Waals surface area contributed by atoms with E-state index in [9.17, 15) is 14.9 Å². The monoisotopic (exact) mass is 333 g/mol. The average molecular weight is 333 g/mol. The number of carbonyl (C=O) groups is 1. The van der Waals surface area contributed by atoms with Crippen LogP contribution in [-0.4, -0.2) is 10.7 Å². The summed E-state index contributed by atoms with van der Waals surface area (Å²) in [4.78, 5) is 21.7. The van der Waals surface area contributed by atoms with Crippen LogP contribution in [0.25, 0.3) is 0 Å². The standard InChI is InChI=1S/C11H12INO3/c1-3-11(14)7(2)9-5-4-8(13(15)16)6-10(9)12/h4-7H,3H2,1-2H3. The summed E-state index contributed by atoms with van der Waals surface area (Å²) in [6.45, 7) is 3.65. The molecule has 0 aliphatic heterocycles. The highest BCUT2D eigenvalue weighted by molar-refractivity contribution is 14.1. The molecule has 0 aliphatic carbocycles. The molecule has 16 heavy (non-hydrogen) atoms. The summed E-state index contributed by atoms with van der Waals surface area (Å²) < 4.78 is 0.765.